The number of hydrogen-bond donors (Lipinski definition) is 3. The zero-order valence-corrected chi connectivity index (χ0v) is 15.7. The van der Waals surface area contributed by atoms with Crippen molar-refractivity contribution in [3.8, 4) is 0 Å². The minimum absolute atomic E-state index is 0.0471. The second-order valence-corrected chi connectivity index (χ2v) is 9.65. The second-order valence-electron chi connectivity index (χ2n) is 9.65. The normalized spacial score (nSPS) is 55.0. The quantitative estimate of drug-likeness (QED) is 0.637. The van der Waals surface area contributed by atoms with Crippen molar-refractivity contribution < 1.29 is 20.1 Å². The predicted octanol–water partition coefficient (Wildman–Crippen LogP) is 2.60. The van der Waals surface area contributed by atoms with Crippen LogP contribution in [-0.4, -0.2) is 38.9 Å². The number of aliphatic hydroxyl groups excluding tert-OH is 2. The fourth-order valence-corrected chi connectivity index (χ4v) is 7.24. The van der Waals surface area contributed by atoms with Gasteiger partial charge < -0.3 is 15.3 Å². The lowest BCUT2D eigenvalue weighted by Crippen LogP contribution is -2.66. The van der Waals surface area contributed by atoms with Crippen LogP contribution in [-0.2, 0) is 4.79 Å². The average Bonchev–Trinajstić information content (AvgIpc) is 2.83. The molecular weight excluding hydrogens is 316 g/mol. The number of allylic oxidation sites excluding steroid dienone is 1. The Morgan fingerprint density at radius 3 is 2.56 bits per heavy atom. The van der Waals surface area contributed by atoms with E-state index in [1.165, 1.54) is 5.57 Å². The van der Waals surface area contributed by atoms with Gasteiger partial charge >= 0.3 is 0 Å². The van der Waals surface area contributed by atoms with Gasteiger partial charge in [-0.15, -0.1) is 0 Å². The first kappa shape index (κ1) is 17.7. The summed E-state index contributed by atoms with van der Waals surface area (Å²) in [6.45, 7) is 5.81. The molecule has 4 aliphatic rings. The molecule has 3 N–H and O–H groups in total. The summed E-state index contributed by atoms with van der Waals surface area (Å²) in [5, 5.41) is 33.0. The number of aliphatic hydroxyl groups is 3. The Kier molecular flexibility index (Phi) is 3.82. The molecule has 0 saturated heterocycles. The first-order valence-corrected chi connectivity index (χ1v) is 9.93. The summed E-state index contributed by atoms with van der Waals surface area (Å²) in [5.74, 6) is 0.155. The van der Waals surface area contributed by atoms with Crippen molar-refractivity contribution >= 4 is 5.78 Å². The molecule has 4 unspecified atom stereocenters. The average molecular weight is 348 g/mol. The minimum Gasteiger partial charge on any atom is -0.393 e. The Hall–Kier alpha value is -0.710. The van der Waals surface area contributed by atoms with Crippen molar-refractivity contribution in [2.24, 2.45) is 28.6 Å². The molecule has 0 aliphatic heterocycles. The van der Waals surface area contributed by atoms with Gasteiger partial charge in [-0.3, -0.25) is 4.79 Å². The molecule has 4 aliphatic carbocycles. The highest BCUT2D eigenvalue weighted by molar-refractivity contribution is 5.80. The summed E-state index contributed by atoms with van der Waals surface area (Å²) >= 11 is 0. The van der Waals surface area contributed by atoms with E-state index in [1.807, 2.05) is 6.92 Å². The SMILES string of the molecule is CC(=O)[C@H]1CC[C@]2(O)C3CC=C4C[C@@H](O)CCC4(C)C3C[C@@H](O)C12C. The van der Waals surface area contributed by atoms with E-state index in [-0.39, 0.29) is 35.1 Å². The van der Waals surface area contributed by atoms with Gasteiger partial charge in [0.1, 0.15) is 5.78 Å². The number of carbonyl (C=O) groups excluding carboxylic acids is 1. The number of fused-ring (bicyclic) bond motifs is 5. The van der Waals surface area contributed by atoms with Gasteiger partial charge in [0.2, 0.25) is 0 Å². The van der Waals surface area contributed by atoms with Gasteiger partial charge in [-0.1, -0.05) is 25.5 Å². The van der Waals surface area contributed by atoms with Gasteiger partial charge in [0.05, 0.1) is 17.8 Å². The lowest BCUT2D eigenvalue weighted by atomic mass is 9.45. The summed E-state index contributed by atoms with van der Waals surface area (Å²) in [4.78, 5) is 12.2. The Morgan fingerprint density at radius 1 is 1.16 bits per heavy atom. The molecule has 3 fully saturated rings. The third-order valence-electron chi connectivity index (χ3n) is 8.85. The van der Waals surface area contributed by atoms with E-state index >= 15 is 0 Å². The lowest BCUT2D eigenvalue weighted by Gasteiger charge is -2.62. The number of carbonyl (C=O) groups is 1. The van der Waals surface area contributed by atoms with E-state index in [1.54, 1.807) is 6.92 Å². The third-order valence-corrected chi connectivity index (χ3v) is 8.85. The summed E-state index contributed by atoms with van der Waals surface area (Å²) in [5.41, 5.74) is -0.454. The van der Waals surface area contributed by atoms with Gasteiger partial charge in [-0.25, -0.2) is 0 Å². The van der Waals surface area contributed by atoms with Crippen LogP contribution in [0.5, 0.6) is 0 Å². The van der Waals surface area contributed by atoms with Gasteiger partial charge in [0.25, 0.3) is 0 Å². The van der Waals surface area contributed by atoms with Crippen molar-refractivity contribution in [1.29, 1.82) is 0 Å². The summed E-state index contributed by atoms with van der Waals surface area (Å²) < 4.78 is 0. The standard InChI is InChI=1S/C21H32O4/c1-12(22)15-7-9-21(25)16-5-4-13-10-14(23)6-8-19(13,2)17(16)11-18(24)20(15,21)3/h4,14-18,23-25H,5-11H2,1-3H3/t14-,15+,16?,17?,18+,19?,20?,21-/m0/s1. The van der Waals surface area contributed by atoms with Crippen molar-refractivity contribution in [2.45, 2.75) is 83.5 Å². The maximum absolute atomic E-state index is 12.2. The van der Waals surface area contributed by atoms with Crippen LogP contribution in [0, 0.1) is 28.6 Å². The van der Waals surface area contributed by atoms with E-state index in [0.29, 0.717) is 19.3 Å². The molecule has 0 heterocycles. The second kappa shape index (κ2) is 5.40. The molecule has 0 radical (unpaired) electrons. The maximum atomic E-state index is 12.2. The van der Waals surface area contributed by atoms with Crippen LogP contribution < -0.4 is 0 Å². The molecule has 25 heavy (non-hydrogen) atoms. The Balaban J connectivity index is 1.77. The topological polar surface area (TPSA) is 77.8 Å². The molecule has 0 amide bonds. The molecule has 0 spiro atoms. The molecule has 0 bridgehead atoms. The fourth-order valence-electron chi connectivity index (χ4n) is 7.24. The molecule has 140 valence electrons. The summed E-state index contributed by atoms with van der Waals surface area (Å²) in [6, 6.07) is 0. The molecule has 0 aromatic carbocycles. The molecule has 4 rings (SSSR count). The Bertz CT molecular complexity index is 627. The third kappa shape index (κ3) is 2.08. The van der Waals surface area contributed by atoms with Gasteiger partial charge in [0, 0.05) is 11.3 Å². The highest BCUT2D eigenvalue weighted by atomic mass is 16.3. The first-order chi connectivity index (χ1) is 11.6. The minimum atomic E-state index is -0.979. The fraction of sp³-hybridized carbons (Fsp3) is 0.857. The van der Waals surface area contributed by atoms with Crippen LogP contribution >= 0.6 is 0 Å². The number of hydrogen-bond acceptors (Lipinski definition) is 4. The zero-order valence-electron chi connectivity index (χ0n) is 15.7. The van der Waals surface area contributed by atoms with E-state index in [9.17, 15) is 20.1 Å². The van der Waals surface area contributed by atoms with Crippen LogP contribution in [0.3, 0.4) is 0 Å². The van der Waals surface area contributed by atoms with Crippen molar-refractivity contribution in [3.05, 3.63) is 11.6 Å². The highest BCUT2D eigenvalue weighted by Crippen LogP contribution is 2.67. The summed E-state index contributed by atoms with van der Waals surface area (Å²) in [7, 11) is 0. The monoisotopic (exact) mass is 348 g/mol. The van der Waals surface area contributed by atoms with Crippen LogP contribution in [0.4, 0.5) is 0 Å². The Labute approximate surface area is 150 Å². The predicted molar refractivity (Wildman–Crippen MR) is 94.7 cm³/mol. The van der Waals surface area contributed by atoms with Crippen molar-refractivity contribution in [1.82, 2.24) is 0 Å². The van der Waals surface area contributed by atoms with Crippen LogP contribution in [0.15, 0.2) is 11.6 Å². The first-order valence-electron chi connectivity index (χ1n) is 9.93. The maximum Gasteiger partial charge on any atom is 0.133 e. The molecule has 3 saturated carbocycles. The van der Waals surface area contributed by atoms with Crippen LogP contribution in [0.25, 0.3) is 0 Å². The van der Waals surface area contributed by atoms with Crippen LogP contribution in [0.2, 0.25) is 0 Å². The number of rotatable bonds is 1. The molecule has 0 aromatic rings. The molecular formula is C21H32O4. The van der Waals surface area contributed by atoms with E-state index < -0.39 is 17.1 Å². The Morgan fingerprint density at radius 2 is 1.88 bits per heavy atom. The molecule has 4 heteroatoms. The van der Waals surface area contributed by atoms with Gasteiger partial charge in [-0.2, -0.15) is 0 Å². The molecule has 0 aromatic heterocycles. The smallest absolute Gasteiger partial charge is 0.133 e. The van der Waals surface area contributed by atoms with E-state index in [2.05, 4.69) is 13.0 Å². The van der Waals surface area contributed by atoms with Gasteiger partial charge in [0.15, 0.2) is 0 Å². The largest absolute Gasteiger partial charge is 0.393 e. The number of ketones is 1. The number of Topliss-reactive ketones (excluding diaryl/α,β-unsaturated/α-hetero) is 1. The van der Waals surface area contributed by atoms with Crippen LogP contribution in [0.1, 0.15) is 65.7 Å². The summed E-state index contributed by atoms with van der Waals surface area (Å²) in [6.07, 6.45) is 6.49. The lowest BCUT2D eigenvalue weighted by molar-refractivity contribution is -0.224. The van der Waals surface area contributed by atoms with Crippen molar-refractivity contribution in [3.63, 3.8) is 0 Å². The molecule has 8 atom stereocenters. The van der Waals surface area contributed by atoms with E-state index in [4.69, 9.17) is 0 Å². The van der Waals surface area contributed by atoms with Gasteiger partial charge in [-0.05, 0) is 69.1 Å². The highest BCUT2D eigenvalue weighted by Gasteiger charge is 2.70. The van der Waals surface area contributed by atoms with Crippen molar-refractivity contribution in [2.75, 3.05) is 0 Å². The molecule has 4 nitrogen and oxygen atoms in total. The van der Waals surface area contributed by atoms with E-state index in [0.717, 1.165) is 25.7 Å². The zero-order chi connectivity index (χ0) is 18.2.